The number of nitrogens with one attached hydrogen (secondary N) is 1. The van der Waals surface area contributed by atoms with E-state index in [9.17, 15) is 22.8 Å². The number of carbonyl (C=O) groups is 2. The molecule has 1 aromatic heterocycles. The Labute approximate surface area is 152 Å². The van der Waals surface area contributed by atoms with Gasteiger partial charge >= 0.3 is 6.18 Å². The van der Waals surface area contributed by atoms with Crippen molar-refractivity contribution in [2.24, 2.45) is 0 Å². The second-order valence-corrected chi connectivity index (χ2v) is 5.91. The highest BCUT2D eigenvalue weighted by Crippen LogP contribution is 2.28. The molecule has 2 heterocycles. The number of alkyl halides is 3. The fourth-order valence-electron chi connectivity index (χ4n) is 2.73. The van der Waals surface area contributed by atoms with Crippen molar-refractivity contribution in [3.05, 3.63) is 65.8 Å². The Balaban J connectivity index is 1.77. The van der Waals surface area contributed by atoms with Crippen molar-refractivity contribution in [2.75, 3.05) is 11.9 Å². The highest BCUT2D eigenvalue weighted by atomic mass is 19.4. The van der Waals surface area contributed by atoms with Gasteiger partial charge in [0.25, 0.3) is 5.91 Å². The standard InChI is InChI=1S/C18H15F3N4O2/c1-2-15(26)23-13-5-3-4-11(8-13)16(27)25-7-6-14-12(10-25)9-22-17(24-14)18(19,20)21/h2-5,8-9H,1,6-7,10H2,(H,23,26). The van der Waals surface area contributed by atoms with E-state index in [2.05, 4.69) is 21.9 Å². The molecule has 6 nitrogen and oxygen atoms in total. The third kappa shape index (κ3) is 4.13. The normalized spacial score (nSPS) is 13.7. The van der Waals surface area contributed by atoms with Crippen LogP contribution < -0.4 is 5.32 Å². The van der Waals surface area contributed by atoms with Crippen molar-refractivity contribution in [1.82, 2.24) is 14.9 Å². The lowest BCUT2D eigenvalue weighted by atomic mass is 10.1. The molecule has 0 saturated carbocycles. The topological polar surface area (TPSA) is 75.2 Å². The number of carbonyl (C=O) groups excluding carboxylic acids is 2. The molecule has 2 amide bonds. The SMILES string of the molecule is C=CC(=O)Nc1cccc(C(=O)N2CCc3nc(C(F)(F)F)ncc3C2)c1. The van der Waals surface area contributed by atoms with E-state index in [4.69, 9.17) is 0 Å². The summed E-state index contributed by atoms with van der Waals surface area (Å²) in [5.74, 6) is -1.87. The lowest BCUT2D eigenvalue weighted by Crippen LogP contribution is -2.37. The number of anilines is 1. The Morgan fingerprint density at radius 2 is 2.07 bits per heavy atom. The van der Waals surface area contributed by atoms with Crippen LogP contribution in [0.15, 0.2) is 43.1 Å². The molecular weight excluding hydrogens is 361 g/mol. The van der Waals surface area contributed by atoms with Gasteiger partial charge < -0.3 is 10.2 Å². The van der Waals surface area contributed by atoms with Crippen LogP contribution in [-0.4, -0.2) is 33.2 Å². The summed E-state index contributed by atoms with van der Waals surface area (Å²) in [7, 11) is 0. The molecule has 27 heavy (non-hydrogen) atoms. The summed E-state index contributed by atoms with van der Waals surface area (Å²) in [6.45, 7) is 3.72. The van der Waals surface area contributed by atoms with E-state index < -0.39 is 17.9 Å². The Hall–Kier alpha value is -3.23. The van der Waals surface area contributed by atoms with Crippen molar-refractivity contribution in [1.29, 1.82) is 0 Å². The molecule has 0 fully saturated rings. The molecule has 0 radical (unpaired) electrons. The Morgan fingerprint density at radius 1 is 1.30 bits per heavy atom. The molecule has 1 N–H and O–H groups in total. The van der Waals surface area contributed by atoms with Crippen LogP contribution in [0, 0.1) is 0 Å². The van der Waals surface area contributed by atoms with Crippen LogP contribution in [0.25, 0.3) is 0 Å². The third-order valence-corrected chi connectivity index (χ3v) is 4.04. The number of halogens is 3. The molecule has 9 heteroatoms. The zero-order chi connectivity index (χ0) is 19.6. The highest BCUT2D eigenvalue weighted by molar-refractivity contribution is 6.00. The van der Waals surface area contributed by atoms with Crippen LogP contribution >= 0.6 is 0 Å². The number of hydrogen-bond acceptors (Lipinski definition) is 4. The summed E-state index contributed by atoms with van der Waals surface area (Å²) >= 11 is 0. The number of benzene rings is 1. The monoisotopic (exact) mass is 376 g/mol. The van der Waals surface area contributed by atoms with Crippen LogP contribution in [0.1, 0.15) is 27.4 Å². The lowest BCUT2D eigenvalue weighted by molar-refractivity contribution is -0.145. The number of rotatable bonds is 3. The van der Waals surface area contributed by atoms with Gasteiger partial charge in [-0.1, -0.05) is 12.6 Å². The van der Waals surface area contributed by atoms with Crippen molar-refractivity contribution in [2.45, 2.75) is 19.1 Å². The van der Waals surface area contributed by atoms with Crippen molar-refractivity contribution in [3.8, 4) is 0 Å². The first-order valence-corrected chi connectivity index (χ1v) is 8.02. The second kappa shape index (κ2) is 7.18. The first-order valence-electron chi connectivity index (χ1n) is 8.02. The minimum Gasteiger partial charge on any atom is -0.334 e. The maximum atomic E-state index is 12.7. The van der Waals surface area contributed by atoms with Gasteiger partial charge in [-0.25, -0.2) is 9.97 Å². The minimum absolute atomic E-state index is 0.121. The average molecular weight is 376 g/mol. The van der Waals surface area contributed by atoms with Gasteiger partial charge in [-0.05, 0) is 24.3 Å². The number of hydrogen-bond donors (Lipinski definition) is 1. The minimum atomic E-state index is -4.60. The Morgan fingerprint density at radius 3 is 2.78 bits per heavy atom. The van der Waals surface area contributed by atoms with E-state index in [0.717, 1.165) is 12.3 Å². The molecule has 3 rings (SSSR count). The number of amides is 2. The summed E-state index contributed by atoms with van der Waals surface area (Å²) in [4.78, 5) is 32.5. The quantitative estimate of drug-likeness (QED) is 0.836. The van der Waals surface area contributed by atoms with E-state index >= 15 is 0 Å². The van der Waals surface area contributed by atoms with Crippen LogP contribution in [-0.2, 0) is 23.9 Å². The van der Waals surface area contributed by atoms with E-state index in [1.807, 2.05) is 0 Å². The Bertz CT molecular complexity index is 912. The zero-order valence-electron chi connectivity index (χ0n) is 14.1. The molecule has 0 bridgehead atoms. The molecule has 140 valence electrons. The molecular formula is C18H15F3N4O2. The van der Waals surface area contributed by atoms with Crippen LogP contribution in [0.4, 0.5) is 18.9 Å². The van der Waals surface area contributed by atoms with Crippen LogP contribution in [0.5, 0.6) is 0 Å². The maximum absolute atomic E-state index is 12.7. The van der Waals surface area contributed by atoms with E-state index in [-0.39, 0.29) is 25.4 Å². The summed E-state index contributed by atoms with van der Waals surface area (Å²) < 4.78 is 38.1. The molecule has 2 aromatic rings. The van der Waals surface area contributed by atoms with Gasteiger partial charge in [0.15, 0.2) is 0 Å². The molecule has 0 unspecified atom stereocenters. The largest absolute Gasteiger partial charge is 0.451 e. The summed E-state index contributed by atoms with van der Waals surface area (Å²) in [5, 5.41) is 2.57. The lowest BCUT2D eigenvalue weighted by Gasteiger charge is -2.28. The molecule has 1 aliphatic rings. The van der Waals surface area contributed by atoms with Crippen molar-refractivity contribution < 1.29 is 22.8 Å². The molecule has 0 spiro atoms. The number of aromatic nitrogens is 2. The van der Waals surface area contributed by atoms with Crippen LogP contribution in [0.3, 0.4) is 0 Å². The summed E-state index contributed by atoms with van der Waals surface area (Å²) in [5.41, 5.74) is 1.58. The van der Waals surface area contributed by atoms with Gasteiger partial charge in [-0.2, -0.15) is 13.2 Å². The maximum Gasteiger partial charge on any atom is 0.451 e. The molecule has 1 aromatic carbocycles. The van der Waals surface area contributed by atoms with E-state index in [1.165, 1.54) is 11.0 Å². The fraction of sp³-hybridized carbons (Fsp3) is 0.222. The fourth-order valence-corrected chi connectivity index (χ4v) is 2.73. The van der Waals surface area contributed by atoms with E-state index in [1.54, 1.807) is 18.2 Å². The predicted octanol–water partition coefficient (Wildman–Crippen LogP) is 2.82. The average Bonchev–Trinajstić information content (AvgIpc) is 2.66. The van der Waals surface area contributed by atoms with Crippen molar-refractivity contribution in [3.63, 3.8) is 0 Å². The van der Waals surface area contributed by atoms with Gasteiger partial charge in [0.2, 0.25) is 11.7 Å². The van der Waals surface area contributed by atoms with Crippen molar-refractivity contribution >= 4 is 17.5 Å². The number of nitrogens with zero attached hydrogens (tertiary/aromatic N) is 3. The second-order valence-electron chi connectivity index (χ2n) is 5.91. The molecule has 0 saturated heterocycles. The van der Waals surface area contributed by atoms with Gasteiger partial charge in [0.05, 0.1) is 5.69 Å². The molecule has 0 aliphatic carbocycles. The van der Waals surface area contributed by atoms with Crippen LogP contribution in [0.2, 0.25) is 0 Å². The summed E-state index contributed by atoms with van der Waals surface area (Å²) in [6, 6.07) is 6.39. The first kappa shape index (κ1) is 18.6. The van der Waals surface area contributed by atoms with Gasteiger partial charge in [-0.15, -0.1) is 0 Å². The molecule has 1 aliphatic heterocycles. The van der Waals surface area contributed by atoms with E-state index in [0.29, 0.717) is 22.5 Å². The predicted molar refractivity (Wildman–Crippen MR) is 90.7 cm³/mol. The Kier molecular flexibility index (Phi) is 4.93. The van der Waals surface area contributed by atoms with Gasteiger partial charge in [0, 0.05) is 42.5 Å². The molecule has 0 atom stereocenters. The van der Waals surface area contributed by atoms with Gasteiger partial charge in [0.1, 0.15) is 0 Å². The first-order chi connectivity index (χ1) is 12.8. The summed E-state index contributed by atoms with van der Waals surface area (Å²) in [6.07, 6.45) is -2.16. The van der Waals surface area contributed by atoms with Gasteiger partial charge in [-0.3, -0.25) is 9.59 Å². The number of fused-ring (bicyclic) bond motifs is 1. The smallest absolute Gasteiger partial charge is 0.334 e. The highest BCUT2D eigenvalue weighted by Gasteiger charge is 2.36. The zero-order valence-corrected chi connectivity index (χ0v) is 14.1. The third-order valence-electron chi connectivity index (χ3n) is 4.04.